The predicted octanol–water partition coefficient (Wildman–Crippen LogP) is 4.19. The maximum atomic E-state index is 13.3. The highest BCUT2D eigenvalue weighted by molar-refractivity contribution is 5.79. The second-order valence-corrected chi connectivity index (χ2v) is 10.0. The highest BCUT2D eigenvalue weighted by Gasteiger charge is 2.31. The van der Waals surface area contributed by atoms with E-state index in [4.69, 9.17) is 9.72 Å². The zero-order valence-corrected chi connectivity index (χ0v) is 21.2. The number of imidazole rings is 1. The summed E-state index contributed by atoms with van der Waals surface area (Å²) in [5.74, 6) is 2.48. The molecule has 1 aromatic heterocycles. The number of carbonyl (C=O) groups excluding carboxylic acids is 1. The summed E-state index contributed by atoms with van der Waals surface area (Å²) in [4.78, 5) is 25.1. The number of carbonyl (C=O) groups is 1. The van der Waals surface area contributed by atoms with Crippen molar-refractivity contribution in [1.29, 1.82) is 0 Å². The molecule has 5 rings (SSSR count). The van der Waals surface area contributed by atoms with Crippen LogP contribution in [0.3, 0.4) is 0 Å². The third-order valence-corrected chi connectivity index (χ3v) is 7.50. The number of hydrogen-bond acceptors (Lipinski definition) is 5. The molecule has 0 aliphatic carbocycles. The Kier molecular flexibility index (Phi) is 6.95. The number of fused-ring (bicyclic) bond motifs is 1. The number of anilines is 1. The number of ether oxygens (including phenoxy) is 1. The Labute approximate surface area is 208 Å². The van der Waals surface area contributed by atoms with Crippen LogP contribution in [0.25, 0.3) is 11.0 Å². The second kappa shape index (κ2) is 10.3. The van der Waals surface area contributed by atoms with Gasteiger partial charge in [-0.1, -0.05) is 24.3 Å². The van der Waals surface area contributed by atoms with Gasteiger partial charge in [0.1, 0.15) is 11.6 Å². The van der Waals surface area contributed by atoms with Gasteiger partial charge < -0.3 is 19.1 Å². The van der Waals surface area contributed by atoms with E-state index in [1.54, 1.807) is 7.11 Å². The number of aromatic nitrogens is 2. The number of rotatable bonds is 6. The van der Waals surface area contributed by atoms with Crippen LogP contribution in [0.5, 0.6) is 5.75 Å². The van der Waals surface area contributed by atoms with E-state index in [0.29, 0.717) is 11.9 Å². The summed E-state index contributed by atoms with van der Waals surface area (Å²) in [6, 6.07) is 16.9. The van der Waals surface area contributed by atoms with E-state index in [1.807, 2.05) is 18.2 Å². The highest BCUT2D eigenvalue weighted by atomic mass is 16.5. The van der Waals surface area contributed by atoms with Gasteiger partial charge in [-0.05, 0) is 64.0 Å². The number of methoxy groups -OCH3 is 1. The Morgan fingerprint density at radius 3 is 2.37 bits per heavy atom. The first-order valence-corrected chi connectivity index (χ1v) is 12.9. The Morgan fingerprint density at radius 2 is 1.66 bits per heavy atom. The van der Waals surface area contributed by atoms with Crippen molar-refractivity contribution in [2.75, 3.05) is 51.3 Å². The maximum Gasteiger partial charge on any atom is 0.225 e. The molecule has 7 nitrogen and oxygen atoms in total. The average Bonchev–Trinajstić information content (AvgIpc) is 3.27. The molecule has 2 saturated heterocycles. The Balaban J connectivity index is 1.15. The second-order valence-electron chi connectivity index (χ2n) is 10.0. The van der Waals surface area contributed by atoms with E-state index >= 15 is 0 Å². The minimum Gasteiger partial charge on any atom is -0.495 e. The van der Waals surface area contributed by atoms with Crippen LogP contribution < -0.4 is 9.64 Å². The Hall–Kier alpha value is -3.06. The Bertz CT molecular complexity index is 1160. The normalized spacial score (nSPS) is 17.9. The number of para-hydroxylation sites is 4. The molecule has 0 radical (unpaired) electrons. The van der Waals surface area contributed by atoms with Crippen molar-refractivity contribution >= 4 is 22.6 Å². The molecule has 186 valence electrons. The first kappa shape index (κ1) is 23.7. The van der Waals surface area contributed by atoms with Gasteiger partial charge in [0.2, 0.25) is 5.91 Å². The largest absolute Gasteiger partial charge is 0.495 e. The molecule has 0 spiro atoms. The summed E-state index contributed by atoms with van der Waals surface area (Å²) >= 11 is 0. The molecule has 2 aromatic carbocycles. The zero-order valence-electron chi connectivity index (χ0n) is 21.2. The zero-order chi connectivity index (χ0) is 24.4. The van der Waals surface area contributed by atoms with E-state index in [0.717, 1.165) is 81.4 Å². The number of piperidine rings is 1. The van der Waals surface area contributed by atoms with Gasteiger partial charge >= 0.3 is 0 Å². The van der Waals surface area contributed by atoms with Gasteiger partial charge in [-0.15, -0.1) is 0 Å². The SMILES string of the molecule is COc1ccccc1N1CCN(C(=O)C2CCN(Cc3nc4ccccc4n3C(C)C)CC2)CC1. The average molecular weight is 476 g/mol. The van der Waals surface area contributed by atoms with Gasteiger partial charge in [0, 0.05) is 38.1 Å². The third-order valence-electron chi connectivity index (χ3n) is 7.50. The summed E-state index contributed by atoms with van der Waals surface area (Å²) in [6.07, 6.45) is 1.85. The summed E-state index contributed by atoms with van der Waals surface area (Å²) in [5.41, 5.74) is 3.38. The molecule has 2 aliphatic rings. The van der Waals surface area contributed by atoms with E-state index in [2.05, 4.69) is 63.4 Å². The van der Waals surface area contributed by atoms with Crippen LogP contribution in [0, 0.1) is 5.92 Å². The molecule has 0 atom stereocenters. The number of likely N-dealkylation sites (tertiary alicyclic amines) is 1. The van der Waals surface area contributed by atoms with Crippen molar-refractivity contribution in [3.8, 4) is 5.75 Å². The van der Waals surface area contributed by atoms with Crippen LogP contribution in [-0.4, -0.2) is 71.6 Å². The number of piperazine rings is 1. The minimum atomic E-state index is 0.132. The number of amides is 1. The van der Waals surface area contributed by atoms with Gasteiger partial charge in [0.25, 0.3) is 0 Å². The fraction of sp³-hybridized carbons (Fsp3) is 0.500. The molecule has 0 saturated carbocycles. The summed E-state index contributed by atoms with van der Waals surface area (Å²) in [6.45, 7) is 10.4. The first-order valence-electron chi connectivity index (χ1n) is 12.9. The van der Waals surface area contributed by atoms with Crippen molar-refractivity contribution < 1.29 is 9.53 Å². The molecule has 3 aromatic rings. The highest BCUT2D eigenvalue weighted by Crippen LogP contribution is 2.29. The molecular weight excluding hydrogens is 438 g/mol. The molecule has 35 heavy (non-hydrogen) atoms. The molecule has 0 N–H and O–H groups in total. The van der Waals surface area contributed by atoms with Crippen molar-refractivity contribution in [2.45, 2.75) is 39.3 Å². The van der Waals surface area contributed by atoms with Gasteiger partial charge in [-0.3, -0.25) is 9.69 Å². The fourth-order valence-electron chi connectivity index (χ4n) is 5.64. The topological polar surface area (TPSA) is 53.8 Å². The standard InChI is InChI=1S/C28H37N5O2/c1-21(2)33-24-9-5-4-8-23(24)29-27(33)20-30-14-12-22(13-15-30)28(34)32-18-16-31(17-19-32)25-10-6-7-11-26(25)35-3/h4-11,21-22H,12-20H2,1-3H3. The lowest BCUT2D eigenvalue weighted by Gasteiger charge is -2.39. The molecule has 2 fully saturated rings. The molecule has 0 unspecified atom stereocenters. The first-order chi connectivity index (χ1) is 17.0. The number of benzene rings is 2. The number of hydrogen-bond donors (Lipinski definition) is 0. The molecule has 1 amide bonds. The third kappa shape index (κ3) is 4.87. The number of nitrogens with zero attached hydrogens (tertiary/aromatic N) is 5. The van der Waals surface area contributed by atoms with Crippen LogP contribution in [0.2, 0.25) is 0 Å². The van der Waals surface area contributed by atoms with Gasteiger partial charge in [-0.25, -0.2) is 4.98 Å². The maximum absolute atomic E-state index is 13.3. The van der Waals surface area contributed by atoms with Crippen LogP contribution in [0.4, 0.5) is 5.69 Å². The smallest absolute Gasteiger partial charge is 0.225 e. The van der Waals surface area contributed by atoms with Crippen LogP contribution >= 0.6 is 0 Å². The van der Waals surface area contributed by atoms with Crippen LogP contribution in [0.15, 0.2) is 48.5 Å². The van der Waals surface area contributed by atoms with Crippen LogP contribution in [-0.2, 0) is 11.3 Å². The van der Waals surface area contributed by atoms with Crippen LogP contribution in [0.1, 0.15) is 38.6 Å². The summed E-state index contributed by atoms with van der Waals surface area (Å²) in [7, 11) is 1.71. The monoisotopic (exact) mass is 475 g/mol. The quantitative estimate of drug-likeness (QED) is 0.535. The van der Waals surface area contributed by atoms with E-state index < -0.39 is 0 Å². The van der Waals surface area contributed by atoms with Crippen molar-refractivity contribution in [3.63, 3.8) is 0 Å². The summed E-state index contributed by atoms with van der Waals surface area (Å²) in [5, 5.41) is 0. The van der Waals surface area contributed by atoms with Gasteiger partial charge in [0.05, 0.1) is 30.4 Å². The van der Waals surface area contributed by atoms with Crippen molar-refractivity contribution in [2.24, 2.45) is 5.92 Å². The minimum absolute atomic E-state index is 0.132. The van der Waals surface area contributed by atoms with E-state index in [9.17, 15) is 4.79 Å². The molecular formula is C28H37N5O2. The van der Waals surface area contributed by atoms with E-state index in [1.165, 1.54) is 5.52 Å². The van der Waals surface area contributed by atoms with Crippen molar-refractivity contribution in [3.05, 3.63) is 54.4 Å². The van der Waals surface area contributed by atoms with Gasteiger partial charge in [-0.2, -0.15) is 0 Å². The lowest BCUT2D eigenvalue weighted by molar-refractivity contribution is -0.137. The summed E-state index contributed by atoms with van der Waals surface area (Å²) < 4.78 is 7.88. The lowest BCUT2D eigenvalue weighted by Crippen LogP contribution is -2.51. The van der Waals surface area contributed by atoms with E-state index in [-0.39, 0.29) is 5.92 Å². The van der Waals surface area contributed by atoms with Crippen molar-refractivity contribution in [1.82, 2.24) is 19.4 Å². The molecule has 7 heteroatoms. The Morgan fingerprint density at radius 1 is 0.971 bits per heavy atom. The fourth-order valence-corrected chi connectivity index (χ4v) is 5.64. The molecule has 2 aliphatic heterocycles. The predicted molar refractivity (Wildman–Crippen MR) is 140 cm³/mol. The molecule has 3 heterocycles. The molecule has 0 bridgehead atoms. The lowest BCUT2D eigenvalue weighted by atomic mass is 9.95. The van der Waals surface area contributed by atoms with Gasteiger partial charge in [0.15, 0.2) is 0 Å².